The lowest BCUT2D eigenvalue weighted by Gasteiger charge is -2.32. The van der Waals surface area contributed by atoms with Gasteiger partial charge in [0.2, 0.25) is 0 Å². The number of amides is 1. The summed E-state index contributed by atoms with van der Waals surface area (Å²) in [6, 6.07) is 2.17. The summed E-state index contributed by atoms with van der Waals surface area (Å²) in [4.78, 5) is 14.6. The molecule has 2 nitrogen and oxygen atoms in total. The Morgan fingerprint density at radius 1 is 1.17 bits per heavy atom. The maximum atomic E-state index is 12.8. The third-order valence-corrected chi connectivity index (χ3v) is 3.35. The van der Waals surface area contributed by atoms with Crippen molar-refractivity contribution in [2.75, 3.05) is 0 Å². The van der Waals surface area contributed by atoms with Crippen molar-refractivity contribution in [3.05, 3.63) is 34.8 Å². The summed E-state index contributed by atoms with van der Waals surface area (Å²) < 4.78 is 16.2. The van der Waals surface area contributed by atoms with E-state index in [1.54, 1.807) is 11.0 Å². The minimum Gasteiger partial charge on any atom is -0.329 e. The summed E-state index contributed by atoms with van der Waals surface area (Å²) >= 11 is 0. The highest BCUT2D eigenvalue weighted by molar-refractivity contribution is 6.00. The summed E-state index contributed by atoms with van der Waals surface area (Å²) in [6.45, 7) is 12.5. The van der Waals surface area contributed by atoms with Crippen molar-refractivity contribution in [3.8, 4) is 0 Å². The van der Waals surface area contributed by atoms with Crippen molar-refractivity contribution in [2.45, 2.75) is 59.0 Å². The molecular weight excluding hydrogens is 222 g/mol. The van der Waals surface area contributed by atoms with E-state index >= 15 is 0 Å². The highest BCUT2D eigenvalue weighted by Crippen LogP contribution is 2.35. The van der Waals surface area contributed by atoms with Crippen molar-refractivity contribution < 1.29 is 7.54 Å². The molecule has 0 aromatic heterocycles. The maximum Gasteiger partial charge on any atom is 0.255 e. The van der Waals surface area contributed by atoms with Crippen LogP contribution in [0.25, 0.3) is 0 Å². The average molecular weight is 247 g/mol. The van der Waals surface area contributed by atoms with Crippen molar-refractivity contribution in [1.29, 1.82) is 0 Å². The third kappa shape index (κ3) is 2.05. The van der Waals surface area contributed by atoms with Gasteiger partial charge in [0.15, 0.2) is 0 Å². The molecule has 1 aliphatic rings. The minimum absolute atomic E-state index is 0.0416. The first-order chi connectivity index (χ1) is 8.94. The number of rotatable bonds is 0. The molecule has 0 unspecified atom stereocenters. The lowest BCUT2D eigenvalue weighted by Crippen LogP contribution is -2.41. The maximum absolute atomic E-state index is 12.8. The lowest BCUT2D eigenvalue weighted by molar-refractivity contribution is 0.0608. The second-order valence-corrected chi connectivity index (χ2v) is 6.97. The van der Waals surface area contributed by atoms with Crippen LogP contribution in [0.2, 0.25) is 0 Å². The predicted molar refractivity (Wildman–Crippen MR) is 74.8 cm³/mol. The van der Waals surface area contributed by atoms with Gasteiger partial charge in [-0.25, -0.2) is 0 Å². The molecule has 2 rings (SSSR count). The van der Waals surface area contributed by atoms with Crippen LogP contribution in [0.3, 0.4) is 0 Å². The van der Waals surface area contributed by atoms with Gasteiger partial charge in [0.05, 0.1) is 2.74 Å². The molecule has 1 heterocycles. The Kier molecular flexibility index (Phi) is 2.26. The van der Waals surface area contributed by atoms with Crippen LogP contribution < -0.4 is 0 Å². The first-order valence-corrected chi connectivity index (χ1v) is 6.40. The lowest BCUT2D eigenvalue weighted by atomic mass is 9.82. The van der Waals surface area contributed by atoms with Gasteiger partial charge in [-0.15, -0.1) is 0 Å². The molecule has 1 amide bonds. The van der Waals surface area contributed by atoms with E-state index in [0.717, 1.165) is 11.1 Å². The van der Waals surface area contributed by atoms with E-state index < -0.39 is 0 Å². The van der Waals surface area contributed by atoms with Crippen LogP contribution in [0.5, 0.6) is 0 Å². The van der Waals surface area contributed by atoms with E-state index in [2.05, 4.69) is 0 Å². The van der Waals surface area contributed by atoms with Gasteiger partial charge in [0.1, 0.15) is 0 Å². The number of nitrogens with zero attached hydrogens (tertiary/aromatic N) is 1. The quantitative estimate of drug-likeness (QED) is 0.684. The molecule has 98 valence electrons. The number of hydrogen-bond acceptors (Lipinski definition) is 1. The Morgan fingerprint density at radius 3 is 2.28 bits per heavy atom. The second-order valence-electron chi connectivity index (χ2n) is 6.97. The van der Waals surface area contributed by atoms with Crippen LogP contribution in [0.1, 0.15) is 65.8 Å². The molecule has 0 spiro atoms. The molecule has 0 saturated heterocycles. The zero-order valence-corrected chi connectivity index (χ0v) is 12.1. The van der Waals surface area contributed by atoms with Crippen LogP contribution >= 0.6 is 0 Å². The molecule has 1 aromatic carbocycles. The Morgan fingerprint density at radius 2 is 1.78 bits per heavy atom. The number of hydrogen-bond donors (Lipinski definition) is 0. The first kappa shape index (κ1) is 10.6. The van der Waals surface area contributed by atoms with Crippen molar-refractivity contribution in [3.63, 3.8) is 0 Å². The monoisotopic (exact) mass is 247 g/mol. The van der Waals surface area contributed by atoms with Gasteiger partial charge in [-0.1, -0.05) is 38.9 Å². The number of fused-ring (bicyclic) bond motifs is 1. The number of carbonyl (C=O) groups excluding carboxylic acids is 1. The third-order valence-electron chi connectivity index (χ3n) is 3.35. The molecule has 0 fully saturated rings. The standard InChI is InChI=1S/C16H23NO/c1-15(2,3)12-9-7-8-11-10-17(16(4,5)6)14(18)13(11)12/h7-9H,10H2,1-6H3/i8D,9D. The molecule has 2 heteroatoms. The smallest absolute Gasteiger partial charge is 0.255 e. The average Bonchev–Trinajstić information content (AvgIpc) is 2.54. The molecule has 0 N–H and O–H groups in total. The largest absolute Gasteiger partial charge is 0.329 e. The van der Waals surface area contributed by atoms with Crippen LogP contribution in [0.15, 0.2) is 18.2 Å². The molecule has 1 aromatic rings. The Labute approximate surface area is 113 Å². The van der Waals surface area contributed by atoms with E-state index in [9.17, 15) is 4.79 Å². The predicted octanol–water partition coefficient (Wildman–Crippen LogP) is 3.74. The fourth-order valence-electron chi connectivity index (χ4n) is 2.35. The van der Waals surface area contributed by atoms with E-state index in [1.165, 1.54) is 0 Å². The Bertz CT molecular complexity index is 580. The van der Waals surface area contributed by atoms with Crippen molar-refractivity contribution >= 4 is 5.91 Å². The molecule has 0 saturated carbocycles. The van der Waals surface area contributed by atoms with E-state index in [-0.39, 0.29) is 16.9 Å². The molecule has 18 heavy (non-hydrogen) atoms. The first-order valence-electron chi connectivity index (χ1n) is 7.40. The van der Waals surface area contributed by atoms with Gasteiger partial charge >= 0.3 is 0 Å². The van der Waals surface area contributed by atoms with Gasteiger partial charge in [-0.3, -0.25) is 4.79 Å². The Balaban J connectivity index is 2.71. The molecule has 0 bridgehead atoms. The topological polar surface area (TPSA) is 20.3 Å². The zero-order chi connectivity index (χ0) is 15.5. The molecule has 0 aliphatic carbocycles. The van der Waals surface area contributed by atoms with Crippen molar-refractivity contribution in [1.82, 2.24) is 4.90 Å². The van der Waals surface area contributed by atoms with Crippen molar-refractivity contribution in [2.24, 2.45) is 0 Å². The highest BCUT2D eigenvalue weighted by Gasteiger charge is 2.37. The summed E-state index contributed by atoms with van der Waals surface area (Å²) in [6.07, 6.45) is 0. The summed E-state index contributed by atoms with van der Waals surface area (Å²) in [5.74, 6) is -0.0416. The van der Waals surface area contributed by atoms with Gasteiger partial charge < -0.3 is 4.90 Å². The highest BCUT2D eigenvalue weighted by atomic mass is 16.2. The number of benzene rings is 1. The summed E-state index contributed by atoms with van der Waals surface area (Å²) in [5.41, 5.74) is 1.56. The minimum atomic E-state index is -0.279. The fourth-order valence-corrected chi connectivity index (χ4v) is 2.35. The second kappa shape index (κ2) is 3.84. The van der Waals surface area contributed by atoms with E-state index in [4.69, 9.17) is 2.74 Å². The van der Waals surface area contributed by atoms with Crippen LogP contribution in [0, 0.1) is 0 Å². The SMILES string of the molecule is [2H]c1cc([2H])c(C(C)(C)C)c2c1CN(C(C)(C)C)C2=O. The fraction of sp³-hybridized carbons (Fsp3) is 0.562. The van der Waals surface area contributed by atoms with Gasteiger partial charge in [-0.05, 0) is 37.3 Å². The normalized spacial score (nSPS) is 17.7. The molecule has 0 radical (unpaired) electrons. The van der Waals surface area contributed by atoms with Crippen LogP contribution in [-0.2, 0) is 12.0 Å². The van der Waals surface area contributed by atoms with E-state index in [0.29, 0.717) is 24.2 Å². The summed E-state index contributed by atoms with van der Waals surface area (Å²) in [7, 11) is 0. The molecule has 0 atom stereocenters. The molecular formula is C16H23NO. The Hall–Kier alpha value is -1.31. The van der Waals surface area contributed by atoms with Gasteiger partial charge in [0, 0.05) is 17.6 Å². The van der Waals surface area contributed by atoms with Gasteiger partial charge in [0.25, 0.3) is 5.91 Å². The number of carbonyl (C=O) groups is 1. The van der Waals surface area contributed by atoms with E-state index in [1.807, 2.05) is 41.5 Å². The van der Waals surface area contributed by atoms with Crippen LogP contribution in [-0.4, -0.2) is 16.3 Å². The summed E-state index contributed by atoms with van der Waals surface area (Å²) in [5, 5.41) is 0. The zero-order valence-electron chi connectivity index (χ0n) is 14.1. The van der Waals surface area contributed by atoms with Gasteiger partial charge in [-0.2, -0.15) is 0 Å². The molecule has 1 aliphatic heterocycles. The van der Waals surface area contributed by atoms with Crippen LogP contribution in [0.4, 0.5) is 0 Å².